The summed E-state index contributed by atoms with van der Waals surface area (Å²) in [6, 6.07) is 3.96. The van der Waals surface area contributed by atoms with Gasteiger partial charge in [0, 0.05) is 26.4 Å². The summed E-state index contributed by atoms with van der Waals surface area (Å²) < 4.78 is 46.2. The zero-order chi connectivity index (χ0) is 17.1. The van der Waals surface area contributed by atoms with Gasteiger partial charge in [0.15, 0.2) is 11.6 Å². The van der Waals surface area contributed by atoms with Gasteiger partial charge in [-0.25, -0.2) is 0 Å². The van der Waals surface area contributed by atoms with Crippen LogP contribution >= 0.6 is 0 Å². The monoisotopic (exact) mass is 228 g/mol. The van der Waals surface area contributed by atoms with E-state index in [1.165, 1.54) is 12.1 Å². The highest BCUT2D eigenvalue weighted by Gasteiger charge is 2.29. The van der Waals surface area contributed by atoms with E-state index in [1.807, 2.05) is 0 Å². The van der Waals surface area contributed by atoms with Crippen molar-refractivity contribution in [3.8, 4) is 0 Å². The van der Waals surface area contributed by atoms with Gasteiger partial charge in [0.25, 0.3) is 0 Å². The largest absolute Gasteiger partial charge is 0.289 e. The summed E-state index contributed by atoms with van der Waals surface area (Å²) in [5, 5.41) is 0. The predicted molar refractivity (Wildman–Crippen MR) is 64.5 cm³/mol. The highest BCUT2D eigenvalue weighted by atomic mass is 16.1. The summed E-state index contributed by atoms with van der Waals surface area (Å²) >= 11 is 0. The molecular weight excluding hydrogens is 212 g/mol. The zero-order valence-electron chi connectivity index (χ0n) is 14.6. The Balaban J connectivity index is 2.50. The number of carbonyl (C=O) groups excluding carboxylic acids is 2. The summed E-state index contributed by atoms with van der Waals surface area (Å²) in [7, 11) is 0. The second kappa shape index (κ2) is 3.39. The molecule has 0 saturated heterocycles. The van der Waals surface area contributed by atoms with E-state index in [0.29, 0.717) is 0 Å². The van der Waals surface area contributed by atoms with Gasteiger partial charge >= 0.3 is 0 Å². The lowest BCUT2D eigenvalue weighted by Crippen LogP contribution is -2.21. The van der Waals surface area contributed by atoms with Crippen LogP contribution in [0.25, 0.3) is 0 Å². The summed E-state index contributed by atoms with van der Waals surface area (Å²) in [6.07, 6.45) is 0. The quantitative estimate of drug-likeness (QED) is 0.593. The Morgan fingerprint density at radius 2 is 1.71 bits per heavy atom. The predicted octanol–water partition coefficient (Wildman–Crippen LogP) is 2.77. The lowest BCUT2D eigenvalue weighted by molar-refractivity contribution is 0.0978. The number of fused-ring (bicyclic) bond motifs is 2. The van der Waals surface area contributed by atoms with Gasteiger partial charge in [-0.1, -0.05) is 42.4 Å². The molecule has 0 atom stereocenters. The molecule has 82 valence electrons. The van der Waals surface area contributed by atoms with Crippen molar-refractivity contribution in [1.82, 2.24) is 0 Å². The molecule has 0 saturated carbocycles. The van der Waals surface area contributed by atoms with Crippen LogP contribution in [-0.2, 0) is 0 Å². The first-order valence-corrected chi connectivity index (χ1v) is 4.99. The normalized spacial score (nSPS) is 19.1. The summed E-state index contributed by atoms with van der Waals surface area (Å²) in [6.45, 7) is -2.84. The molecule has 3 rings (SSSR count). The second-order valence-electron chi connectivity index (χ2n) is 3.70. The standard InChI is InChI=1S/C15H10O2/c1-9-5-4-8-12-13(9)15(17)11-7-3-2-6-10(11)14(12)16/h2-8H,1H3/i1D3,4D,5D,8D. The Morgan fingerprint density at radius 1 is 1.00 bits per heavy atom. The maximum atomic E-state index is 12.7. The summed E-state index contributed by atoms with van der Waals surface area (Å²) in [5.41, 5.74) is -1.36. The number of hydrogen-bond acceptors (Lipinski definition) is 2. The minimum absolute atomic E-state index is 0.0482. The highest BCUT2D eigenvalue weighted by Crippen LogP contribution is 2.28. The number of hydrogen-bond donors (Lipinski definition) is 0. The van der Waals surface area contributed by atoms with E-state index < -0.39 is 53.2 Å². The third-order valence-corrected chi connectivity index (χ3v) is 2.75. The zero-order valence-corrected chi connectivity index (χ0v) is 8.63. The number of benzene rings is 2. The lowest BCUT2D eigenvalue weighted by Gasteiger charge is -2.18. The van der Waals surface area contributed by atoms with E-state index in [0.717, 1.165) is 0 Å². The van der Waals surface area contributed by atoms with Crippen molar-refractivity contribution in [2.24, 2.45) is 0 Å². The van der Waals surface area contributed by atoms with Crippen LogP contribution in [0.5, 0.6) is 0 Å². The smallest absolute Gasteiger partial charge is 0.194 e. The molecule has 0 bridgehead atoms. The molecule has 0 fully saturated rings. The molecule has 0 heterocycles. The first-order valence-electron chi connectivity index (χ1n) is 7.99. The molecule has 0 spiro atoms. The van der Waals surface area contributed by atoms with Crippen LogP contribution in [0.3, 0.4) is 0 Å². The van der Waals surface area contributed by atoms with E-state index in [1.54, 1.807) is 12.1 Å². The van der Waals surface area contributed by atoms with Gasteiger partial charge in [0.1, 0.15) is 0 Å². The maximum Gasteiger partial charge on any atom is 0.194 e. The molecule has 0 aliphatic heterocycles. The summed E-state index contributed by atoms with van der Waals surface area (Å²) in [4.78, 5) is 25.3. The van der Waals surface area contributed by atoms with Crippen LogP contribution in [0.2, 0.25) is 0 Å². The Morgan fingerprint density at radius 3 is 2.41 bits per heavy atom. The van der Waals surface area contributed by atoms with Crippen LogP contribution in [0.4, 0.5) is 0 Å². The third kappa shape index (κ3) is 1.27. The first-order chi connectivity index (χ1) is 10.7. The molecule has 2 nitrogen and oxygen atoms in total. The SMILES string of the molecule is [2H]c1c([2H])c2c(c(C([2H])([2H])[2H])c1[2H])C(=O)c1ccccc1C2=O. The molecule has 2 heteroatoms. The molecule has 0 unspecified atom stereocenters. The van der Waals surface area contributed by atoms with Crippen molar-refractivity contribution in [3.05, 3.63) is 70.2 Å². The lowest BCUT2D eigenvalue weighted by atomic mass is 9.82. The van der Waals surface area contributed by atoms with Gasteiger partial charge in [-0.2, -0.15) is 0 Å². The topological polar surface area (TPSA) is 34.1 Å². The van der Waals surface area contributed by atoms with E-state index >= 15 is 0 Å². The van der Waals surface area contributed by atoms with Crippen LogP contribution < -0.4 is 0 Å². The van der Waals surface area contributed by atoms with Gasteiger partial charge in [-0.3, -0.25) is 9.59 Å². The Bertz CT molecular complexity index is 883. The third-order valence-electron chi connectivity index (χ3n) is 2.75. The fraction of sp³-hybridized carbons (Fsp3) is 0.0667. The fourth-order valence-electron chi connectivity index (χ4n) is 1.95. The molecular formula is C15H10O2. The number of carbonyl (C=O) groups is 2. The van der Waals surface area contributed by atoms with Crippen molar-refractivity contribution < 1.29 is 17.8 Å². The molecule has 2 aromatic rings. The number of ketones is 2. The Hall–Kier alpha value is -2.22. The van der Waals surface area contributed by atoms with Crippen molar-refractivity contribution in [2.75, 3.05) is 0 Å². The molecule has 2 aromatic carbocycles. The van der Waals surface area contributed by atoms with Crippen molar-refractivity contribution in [3.63, 3.8) is 0 Å². The second-order valence-corrected chi connectivity index (χ2v) is 3.70. The number of rotatable bonds is 0. The fourth-order valence-corrected chi connectivity index (χ4v) is 1.95. The van der Waals surface area contributed by atoms with Gasteiger partial charge in [0.05, 0.1) is 4.11 Å². The molecule has 0 amide bonds. The molecule has 0 radical (unpaired) electrons. The van der Waals surface area contributed by atoms with Crippen LogP contribution in [0, 0.1) is 6.85 Å². The van der Waals surface area contributed by atoms with Gasteiger partial charge < -0.3 is 0 Å². The first kappa shape index (κ1) is 5.41. The van der Waals surface area contributed by atoms with Gasteiger partial charge in [-0.15, -0.1) is 0 Å². The average Bonchev–Trinajstić information content (AvgIpc) is 2.48. The Kier molecular flexibility index (Phi) is 1.08. The summed E-state index contributed by atoms with van der Waals surface area (Å²) in [5.74, 6) is -1.37. The van der Waals surface area contributed by atoms with E-state index in [4.69, 9.17) is 8.22 Å². The van der Waals surface area contributed by atoms with E-state index in [-0.39, 0.29) is 11.1 Å². The van der Waals surface area contributed by atoms with E-state index in [2.05, 4.69) is 0 Å². The minimum Gasteiger partial charge on any atom is -0.289 e. The molecule has 1 aliphatic carbocycles. The van der Waals surface area contributed by atoms with Crippen LogP contribution in [-0.4, -0.2) is 11.6 Å². The van der Waals surface area contributed by atoms with Crippen LogP contribution in [0.15, 0.2) is 42.4 Å². The van der Waals surface area contributed by atoms with Crippen molar-refractivity contribution >= 4 is 11.6 Å². The molecule has 0 N–H and O–H groups in total. The molecule has 17 heavy (non-hydrogen) atoms. The average molecular weight is 228 g/mol. The van der Waals surface area contributed by atoms with Gasteiger partial charge in [-0.05, 0) is 12.4 Å². The molecule has 0 aromatic heterocycles. The van der Waals surface area contributed by atoms with Crippen molar-refractivity contribution in [1.29, 1.82) is 0 Å². The Labute approximate surface area is 107 Å². The minimum atomic E-state index is -2.84. The van der Waals surface area contributed by atoms with Crippen molar-refractivity contribution in [2.45, 2.75) is 6.85 Å². The van der Waals surface area contributed by atoms with E-state index in [9.17, 15) is 9.59 Å². The van der Waals surface area contributed by atoms with Crippen LogP contribution in [0.1, 0.15) is 45.6 Å². The van der Waals surface area contributed by atoms with Gasteiger partial charge in [0.2, 0.25) is 0 Å². The molecule has 1 aliphatic rings. The maximum absolute atomic E-state index is 12.7. The highest BCUT2D eigenvalue weighted by molar-refractivity contribution is 6.28.